The molecule has 48 heavy (non-hydrogen) atoms. The maximum absolute atomic E-state index is 12.2. The molecule has 0 radical (unpaired) electrons. The van der Waals surface area contributed by atoms with Gasteiger partial charge in [-0.2, -0.15) is 0 Å². The van der Waals surface area contributed by atoms with Gasteiger partial charge in [-0.25, -0.2) is 9.59 Å². The van der Waals surface area contributed by atoms with Gasteiger partial charge in [0.25, 0.3) is 0 Å². The summed E-state index contributed by atoms with van der Waals surface area (Å²) < 4.78 is 10.1. The van der Waals surface area contributed by atoms with Gasteiger partial charge in [0.05, 0.1) is 0 Å². The summed E-state index contributed by atoms with van der Waals surface area (Å²) in [6.45, 7) is 20.4. The fraction of sp³-hybridized carbons (Fsp3) is 0.465. The first-order valence-electron chi connectivity index (χ1n) is 17.2. The van der Waals surface area contributed by atoms with E-state index in [-0.39, 0.29) is 10.8 Å². The van der Waals surface area contributed by atoms with Crippen LogP contribution in [-0.2, 0) is 23.9 Å². The van der Waals surface area contributed by atoms with Crippen LogP contribution < -0.4 is 0 Å². The summed E-state index contributed by atoms with van der Waals surface area (Å²) in [7, 11) is 0. The molecule has 260 valence electrons. The molecule has 0 saturated heterocycles. The van der Waals surface area contributed by atoms with Gasteiger partial charge in [0.15, 0.2) is 13.2 Å². The summed E-state index contributed by atoms with van der Waals surface area (Å²) in [6, 6.07) is 0. The largest absolute Gasteiger partial charge is 0.454 e. The molecule has 0 fully saturated rings. The van der Waals surface area contributed by atoms with E-state index in [1.165, 1.54) is 60.1 Å². The highest BCUT2D eigenvalue weighted by molar-refractivity contribution is 5.90. The van der Waals surface area contributed by atoms with Crippen molar-refractivity contribution < 1.29 is 23.9 Å². The molecule has 0 heterocycles. The first-order valence-corrected chi connectivity index (χ1v) is 17.2. The van der Waals surface area contributed by atoms with Crippen molar-refractivity contribution in [1.29, 1.82) is 0 Å². The average molecular weight is 655 g/mol. The van der Waals surface area contributed by atoms with Gasteiger partial charge < -0.3 is 9.47 Å². The van der Waals surface area contributed by atoms with Crippen molar-refractivity contribution in [3.8, 4) is 0 Å². The lowest BCUT2D eigenvalue weighted by Crippen LogP contribution is -2.19. The van der Waals surface area contributed by atoms with Gasteiger partial charge in [0.1, 0.15) is 0 Å². The highest BCUT2D eigenvalue weighted by atomic mass is 16.6. The molecule has 0 atom stereocenters. The molecule has 0 amide bonds. The molecule has 0 aromatic heterocycles. The SMILES string of the molecule is CC(C=CC1=C(C)CCCC1(C)C)=CC=C/C(C)=C\C(=O)OCC(=O)COC(=O)/C=C(/C)C=CC=C(C)C=CC1=C(C)CCCC1(C)C. The van der Waals surface area contributed by atoms with E-state index in [4.69, 9.17) is 9.47 Å². The normalized spacial score (nSPS) is 19.7. The third-order valence-electron chi connectivity index (χ3n) is 8.99. The van der Waals surface area contributed by atoms with Crippen LogP contribution in [0.2, 0.25) is 0 Å². The van der Waals surface area contributed by atoms with Crippen molar-refractivity contribution in [2.45, 2.75) is 108 Å². The Kier molecular flexibility index (Phi) is 16.0. The molecule has 0 spiro atoms. The van der Waals surface area contributed by atoms with Crippen molar-refractivity contribution in [3.05, 3.63) is 117 Å². The summed E-state index contributed by atoms with van der Waals surface area (Å²) in [5.41, 5.74) is 9.74. The van der Waals surface area contributed by atoms with E-state index >= 15 is 0 Å². The van der Waals surface area contributed by atoms with Crippen LogP contribution in [0.3, 0.4) is 0 Å². The lowest BCUT2D eigenvalue weighted by Gasteiger charge is -2.33. The summed E-state index contributed by atoms with van der Waals surface area (Å²) >= 11 is 0. The number of carbonyl (C=O) groups is 3. The Morgan fingerprint density at radius 2 is 0.979 bits per heavy atom. The van der Waals surface area contributed by atoms with Crippen LogP contribution in [-0.4, -0.2) is 30.9 Å². The van der Waals surface area contributed by atoms with Gasteiger partial charge in [-0.1, -0.05) is 111 Å². The van der Waals surface area contributed by atoms with E-state index in [9.17, 15) is 14.4 Å². The number of allylic oxidation sites excluding steroid dienone is 18. The Hall–Kier alpha value is -3.99. The first kappa shape index (κ1) is 40.2. The number of hydrogen-bond acceptors (Lipinski definition) is 5. The molecule has 0 aromatic rings. The van der Waals surface area contributed by atoms with E-state index in [0.29, 0.717) is 11.1 Å². The molecule has 0 N–H and O–H groups in total. The van der Waals surface area contributed by atoms with E-state index in [1.54, 1.807) is 13.8 Å². The van der Waals surface area contributed by atoms with Crippen LogP contribution in [0, 0.1) is 10.8 Å². The first-order chi connectivity index (χ1) is 22.5. The minimum atomic E-state index is -0.632. The molecule has 0 saturated carbocycles. The van der Waals surface area contributed by atoms with Crippen LogP contribution in [0.25, 0.3) is 0 Å². The van der Waals surface area contributed by atoms with Gasteiger partial charge in [-0.3, -0.25) is 4.79 Å². The average Bonchev–Trinajstić information content (AvgIpc) is 2.97. The van der Waals surface area contributed by atoms with Crippen LogP contribution in [0.4, 0.5) is 0 Å². The minimum Gasteiger partial charge on any atom is -0.454 e. The summed E-state index contributed by atoms with van der Waals surface area (Å²) in [4.78, 5) is 36.5. The highest BCUT2D eigenvalue weighted by Crippen LogP contribution is 2.41. The van der Waals surface area contributed by atoms with Gasteiger partial charge in [-0.05, 0) is 113 Å². The predicted octanol–water partition coefficient (Wildman–Crippen LogP) is 10.7. The Bertz CT molecular complexity index is 1390. The number of Topliss-reactive ketones (excluding diaryl/α,β-unsaturated/α-hetero) is 1. The topological polar surface area (TPSA) is 69.7 Å². The van der Waals surface area contributed by atoms with Gasteiger partial charge >= 0.3 is 11.9 Å². The van der Waals surface area contributed by atoms with Gasteiger partial charge in [0.2, 0.25) is 5.78 Å². The zero-order chi connectivity index (χ0) is 35.9. The van der Waals surface area contributed by atoms with Crippen molar-refractivity contribution in [1.82, 2.24) is 0 Å². The second-order valence-electron chi connectivity index (χ2n) is 14.6. The van der Waals surface area contributed by atoms with Crippen molar-refractivity contribution >= 4 is 17.7 Å². The zero-order valence-electron chi connectivity index (χ0n) is 31.1. The molecule has 0 aromatic carbocycles. The van der Waals surface area contributed by atoms with Crippen LogP contribution in [0.15, 0.2) is 117 Å². The number of rotatable bonds is 14. The third kappa shape index (κ3) is 14.4. The third-order valence-corrected chi connectivity index (χ3v) is 8.99. The number of ether oxygens (including phenoxy) is 2. The highest BCUT2D eigenvalue weighted by Gasteiger charge is 2.27. The quantitative estimate of drug-likeness (QED) is 0.106. The molecule has 5 heteroatoms. The minimum absolute atomic E-state index is 0.199. The van der Waals surface area contributed by atoms with Crippen molar-refractivity contribution in [3.63, 3.8) is 0 Å². The van der Waals surface area contributed by atoms with E-state index in [1.807, 2.05) is 50.3 Å². The Labute approximate surface area is 290 Å². The predicted molar refractivity (Wildman–Crippen MR) is 199 cm³/mol. The molecule has 2 rings (SSSR count). The number of esters is 2. The fourth-order valence-electron chi connectivity index (χ4n) is 6.16. The van der Waals surface area contributed by atoms with Crippen molar-refractivity contribution in [2.75, 3.05) is 13.2 Å². The van der Waals surface area contributed by atoms with Gasteiger partial charge in [0, 0.05) is 12.2 Å². The van der Waals surface area contributed by atoms with Crippen LogP contribution in [0.1, 0.15) is 108 Å². The second-order valence-corrected chi connectivity index (χ2v) is 14.6. The van der Waals surface area contributed by atoms with E-state index in [0.717, 1.165) is 24.0 Å². The standard InChI is InChI=1S/C43H58O5/c1-31(21-23-38-35(5)19-13-25-42(38,7)8)15-11-17-33(3)27-40(45)47-29-37(44)30-48-41(46)28-34(4)18-12-16-32(2)22-24-39-36(6)20-14-26-43(39,9)10/h11-12,15-18,21-24,27-28H,13-14,19-20,25-26,29-30H2,1-10H3/b17-11?,18-12?,23-21?,24-22?,31-15?,32-16?,33-27-,34-28-. The Morgan fingerprint density at radius 1 is 0.604 bits per heavy atom. The Balaban J connectivity index is 1.77. The smallest absolute Gasteiger partial charge is 0.331 e. The van der Waals surface area contributed by atoms with Crippen LogP contribution in [0.5, 0.6) is 0 Å². The number of hydrogen-bond donors (Lipinski definition) is 0. The summed E-state index contributed by atoms with van der Waals surface area (Å²) in [6.07, 6.45) is 29.9. The van der Waals surface area contributed by atoms with Gasteiger partial charge in [-0.15, -0.1) is 0 Å². The van der Waals surface area contributed by atoms with E-state index < -0.39 is 30.9 Å². The summed E-state index contributed by atoms with van der Waals surface area (Å²) in [5, 5.41) is 0. The monoisotopic (exact) mass is 654 g/mol. The molecule has 5 nitrogen and oxygen atoms in total. The van der Waals surface area contributed by atoms with Crippen LogP contribution >= 0.6 is 0 Å². The fourth-order valence-corrected chi connectivity index (χ4v) is 6.16. The number of ketones is 1. The second kappa shape index (κ2) is 19.1. The molecule has 0 bridgehead atoms. The molecule has 0 unspecified atom stereocenters. The van der Waals surface area contributed by atoms with E-state index in [2.05, 4.69) is 65.8 Å². The zero-order valence-corrected chi connectivity index (χ0v) is 31.1. The number of carbonyl (C=O) groups excluding carboxylic acids is 3. The molecular weight excluding hydrogens is 596 g/mol. The molecule has 0 aliphatic heterocycles. The lowest BCUT2D eigenvalue weighted by atomic mass is 9.72. The maximum Gasteiger partial charge on any atom is 0.331 e. The lowest BCUT2D eigenvalue weighted by molar-refractivity contribution is -0.148. The molecule has 2 aliphatic carbocycles. The maximum atomic E-state index is 12.2. The summed E-state index contributed by atoms with van der Waals surface area (Å²) in [5.74, 6) is -1.77. The molecular formula is C43H58O5. The molecule has 2 aliphatic rings. The van der Waals surface area contributed by atoms with Crippen molar-refractivity contribution in [2.24, 2.45) is 10.8 Å². The Morgan fingerprint density at radius 3 is 1.33 bits per heavy atom.